The lowest BCUT2D eigenvalue weighted by Crippen LogP contribution is -2.18. The van der Waals surface area contributed by atoms with Crippen LogP contribution in [0.1, 0.15) is 26.3 Å². The predicted octanol–water partition coefficient (Wildman–Crippen LogP) is 3.37. The first-order valence-corrected chi connectivity index (χ1v) is 7.20. The third-order valence-electron chi connectivity index (χ3n) is 3.00. The molecule has 2 aromatic carbocycles. The Hall–Kier alpha value is -2.14. The summed E-state index contributed by atoms with van der Waals surface area (Å²) in [5, 5.41) is 5.36. The van der Waals surface area contributed by atoms with Crippen LogP contribution in [0.5, 0.6) is 0 Å². The van der Waals surface area contributed by atoms with Gasteiger partial charge < -0.3 is 10.6 Å². The van der Waals surface area contributed by atoms with Crippen molar-refractivity contribution in [2.45, 2.75) is 6.92 Å². The molecule has 108 valence electrons. The van der Waals surface area contributed by atoms with Gasteiger partial charge in [0.2, 0.25) is 0 Å². The van der Waals surface area contributed by atoms with Crippen LogP contribution in [0.15, 0.2) is 46.9 Å². The summed E-state index contributed by atoms with van der Waals surface area (Å²) in [6, 6.07) is 12.3. The van der Waals surface area contributed by atoms with Gasteiger partial charge in [-0.25, -0.2) is 0 Å². The van der Waals surface area contributed by atoms with E-state index in [1.165, 1.54) is 0 Å². The molecule has 2 aromatic rings. The van der Waals surface area contributed by atoms with E-state index in [4.69, 9.17) is 0 Å². The Morgan fingerprint density at radius 3 is 2.29 bits per heavy atom. The van der Waals surface area contributed by atoms with Crippen molar-refractivity contribution in [2.75, 3.05) is 12.4 Å². The number of aryl methyl sites for hydroxylation is 1. The van der Waals surface area contributed by atoms with Crippen LogP contribution in [-0.2, 0) is 0 Å². The molecule has 0 aliphatic rings. The minimum absolute atomic E-state index is 0.158. The summed E-state index contributed by atoms with van der Waals surface area (Å²) in [6.45, 7) is 1.93. The molecule has 0 fully saturated rings. The number of halogens is 1. The minimum atomic E-state index is -0.196. The molecule has 0 aliphatic carbocycles. The van der Waals surface area contributed by atoms with Crippen molar-refractivity contribution < 1.29 is 9.59 Å². The van der Waals surface area contributed by atoms with E-state index in [0.29, 0.717) is 16.8 Å². The highest BCUT2D eigenvalue weighted by molar-refractivity contribution is 9.10. The van der Waals surface area contributed by atoms with Gasteiger partial charge in [0.1, 0.15) is 0 Å². The van der Waals surface area contributed by atoms with Gasteiger partial charge in [0.05, 0.1) is 5.56 Å². The first-order valence-electron chi connectivity index (χ1n) is 6.41. The smallest absolute Gasteiger partial charge is 0.256 e. The third kappa shape index (κ3) is 3.70. The number of anilines is 1. The van der Waals surface area contributed by atoms with E-state index in [1.54, 1.807) is 31.3 Å². The molecule has 0 aliphatic heterocycles. The number of carbonyl (C=O) groups is 2. The number of rotatable bonds is 3. The van der Waals surface area contributed by atoms with E-state index in [-0.39, 0.29) is 11.8 Å². The van der Waals surface area contributed by atoms with Crippen LogP contribution in [-0.4, -0.2) is 18.9 Å². The normalized spacial score (nSPS) is 10.0. The lowest BCUT2D eigenvalue weighted by molar-refractivity contribution is 0.0962. The quantitative estimate of drug-likeness (QED) is 0.894. The van der Waals surface area contributed by atoms with Crippen molar-refractivity contribution in [2.24, 2.45) is 0 Å². The van der Waals surface area contributed by atoms with Crippen molar-refractivity contribution >= 4 is 33.4 Å². The van der Waals surface area contributed by atoms with E-state index in [1.807, 2.05) is 25.1 Å². The monoisotopic (exact) mass is 346 g/mol. The van der Waals surface area contributed by atoms with Gasteiger partial charge in [0, 0.05) is 22.8 Å². The van der Waals surface area contributed by atoms with Gasteiger partial charge in [-0.05, 0) is 59.3 Å². The van der Waals surface area contributed by atoms with Crippen molar-refractivity contribution in [3.63, 3.8) is 0 Å². The number of nitrogens with one attached hydrogen (secondary N) is 2. The Morgan fingerprint density at radius 2 is 1.67 bits per heavy atom. The molecule has 0 heterocycles. The maximum Gasteiger partial charge on any atom is 0.256 e. The summed E-state index contributed by atoms with van der Waals surface area (Å²) >= 11 is 3.37. The molecule has 0 atom stereocenters. The second kappa shape index (κ2) is 6.54. The molecule has 0 bridgehead atoms. The lowest BCUT2D eigenvalue weighted by atomic mass is 10.1. The zero-order valence-corrected chi connectivity index (χ0v) is 13.3. The Kier molecular flexibility index (Phi) is 4.75. The average Bonchev–Trinajstić information content (AvgIpc) is 2.49. The number of carbonyl (C=O) groups excluding carboxylic acids is 2. The standard InChI is InChI=1S/C16H15BrN2O2/c1-10-3-8-14(17)13(9-10)16(21)19-12-6-4-11(5-7-12)15(20)18-2/h3-9H,1-2H3,(H,18,20)(H,19,21). The van der Waals surface area contributed by atoms with Crippen LogP contribution >= 0.6 is 15.9 Å². The van der Waals surface area contributed by atoms with Crippen molar-refractivity contribution in [1.82, 2.24) is 5.32 Å². The van der Waals surface area contributed by atoms with Crippen LogP contribution in [0.4, 0.5) is 5.69 Å². The van der Waals surface area contributed by atoms with Crippen molar-refractivity contribution in [1.29, 1.82) is 0 Å². The van der Waals surface area contributed by atoms with Crippen LogP contribution in [0.2, 0.25) is 0 Å². The first kappa shape index (κ1) is 15.3. The summed E-state index contributed by atoms with van der Waals surface area (Å²) < 4.78 is 0.743. The molecule has 0 saturated heterocycles. The molecule has 0 radical (unpaired) electrons. The van der Waals surface area contributed by atoms with Gasteiger partial charge in [-0.2, -0.15) is 0 Å². The molecule has 0 aromatic heterocycles. The largest absolute Gasteiger partial charge is 0.355 e. The number of benzene rings is 2. The molecule has 0 spiro atoms. The summed E-state index contributed by atoms with van der Waals surface area (Å²) in [7, 11) is 1.58. The fourth-order valence-electron chi connectivity index (χ4n) is 1.86. The maximum atomic E-state index is 12.2. The van der Waals surface area contributed by atoms with Gasteiger partial charge >= 0.3 is 0 Å². The molecule has 2 amide bonds. The molecule has 4 nitrogen and oxygen atoms in total. The van der Waals surface area contributed by atoms with E-state index in [0.717, 1.165) is 10.0 Å². The molecule has 2 rings (SSSR count). The average molecular weight is 347 g/mol. The highest BCUT2D eigenvalue weighted by Gasteiger charge is 2.11. The lowest BCUT2D eigenvalue weighted by Gasteiger charge is -2.08. The molecule has 0 unspecified atom stereocenters. The SMILES string of the molecule is CNC(=O)c1ccc(NC(=O)c2cc(C)ccc2Br)cc1. The highest BCUT2D eigenvalue weighted by Crippen LogP contribution is 2.20. The van der Waals surface area contributed by atoms with Crippen molar-refractivity contribution in [3.8, 4) is 0 Å². The van der Waals surface area contributed by atoms with Crippen LogP contribution in [0.3, 0.4) is 0 Å². The first-order chi connectivity index (χ1) is 10.0. The molecule has 5 heteroatoms. The fourth-order valence-corrected chi connectivity index (χ4v) is 2.29. The predicted molar refractivity (Wildman–Crippen MR) is 86.7 cm³/mol. The van der Waals surface area contributed by atoms with Crippen LogP contribution in [0.25, 0.3) is 0 Å². The van der Waals surface area contributed by atoms with Crippen molar-refractivity contribution in [3.05, 3.63) is 63.6 Å². The highest BCUT2D eigenvalue weighted by atomic mass is 79.9. The van der Waals surface area contributed by atoms with E-state index in [9.17, 15) is 9.59 Å². The number of amides is 2. The minimum Gasteiger partial charge on any atom is -0.355 e. The molecule has 21 heavy (non-hydrogen) atoms. The number of hydrogen-bond donors (Lipinski definition) is 2. The Balaban J connectivity index is 2.16. The Labute approximate surface area is 131 Å². The van der Waals surface area contributed by atoms with Gasteiger partial charge in [0.15, 0.2) is 0 Å². The summed E-state index contributed by atoms with van der Waals surface area (Å²) in [5.74, 6) is -0.354. The van der Waals surface area contributed by atoms with Gasteiger partial charge in [-0.15, -0.1) is 0 Å². The van der Waals surface area contributed by atoms with E-state index < -0.39 is 0 Å². The zero-order valence-electron chi connectivity index (χ0n) is 11.7. The Morgan fingerprint density at radius 1 is 1.00 bits per heavy atom. The summed E-state index contributed by atoms with van der Waals surface area (Å²) in [6.07, 6.45) is 0. The Bertz CT molecular complexity index is 681. The maximum absolute atomic E-state index is 12.2. The molecular weight excluding hydrogens is 332 g/mol. The van der Waals surface area contributed by atoms with E-state index >= 15 is 0 Å². The molecule has 0 saturated carbocycles. The van der Waals surface area contributed by atoms with Gasteiger partial charge in [-0.3, -0.25) is 9.59 Å². The number of hydrogen-bond acceptors (Lipinski definition) is 2. The summed E-state index contributed by atoms with van der Waals surface area (Å²) in [5.41, 5.74) is 2.77. The van der Waals surface area contributed by atoms with Gasteiger partial charge in [-0.1, -0.05) is 11.6 Å². The van der Waals surface area contributed by atoms with Gasteiger partial charge in [0.25, 0.3) is 11.8 Å². The topological polar surface area (TPSA) is 58.2 Å². The fraction of sp³-hybridized carbons (Fsp3) is 0.125. The summed E-state index contributed by atoms with van der Waals surface area (Å²) in [4.78, 5) is 23.7. The third-order valence-corrected chi connectivity index (χ3v) is 3.69. The second-order valence-corrected chi connectivity index (χ2v) is 5.45. The van der Waals surface area contributed by atoms with Crippen LogP contribution in [0, 0.1) is 6.92 Å². The van der Waals surface area contributed by atoms with Crippen LogP contribution < -0.4 is 10.6 Å². The molecular formula is C16H15BrN2O2. The second-order valence-electron chi connectivity index (χ2n) is 4.59. The molecule has 2 N–H and O–H groups in total. The van der Waals surface area contributed by atoms with E-state index in [2.05, 4.69) is 26.6 Å². The zero-order chi connectivity index (χ0) is 15.4.